The van der Waals surface area contributed by atoms with Crippen molar-refractivity contribution < 1.29 is 0 Å². The minimum atomic E-state index is 0.673. The molecule has 2 aliphatic heterocycles. The lowest BCUT2D eigenvalue weighted by Gasteiger charge is -2.24. The van der Waals surface area contributed by atoms with E-state index in [0.717, 1.165) is 24.7 Å². The van der Waals surface area contributed by atoms with Crippen LogP contribution in [0, 0.1) is 12.8 Å². The number of aryl methyl sites for hydroxylation is 2. The number of rotatable bonds is 2. The normalized spacial score (nSPS) is 28.8. The first kappa shape index (κ1) is 10.1. The Labute approximate surface area is 96.7 Å². The molecule has 0 spiro atoms. The van der Waals surface area contributed by atoms with Gasteiger partial charge in [0.05, 0.1) is 5.69 Å². The van der Waals surface area contributed by atoms with Crippen molar-refractivity contribution in [3.05, 3.63) is 11.9 Å². The second-order valence-corrected chi connectivity index (χ2v) is 4.94. The molecule has 0 aromatic carbocycles. The topological polar surface area (TPSA) is 33.1 Å². The van der Waals surface area contributed by atoms with E-state index in [-0.39, 0.29) is 0 Å². The van der Waals surface area contributed by atoms with Gasteiger partial charge in [-0.25, -0.2) is 4.98 Å². The monoisotopic (exact) mass is 220 g/mol. The van der Waals surface area contributed by atoms with Gasteiger partial charge in [-0.15, -0.1) is 0 Å². The van der Waals surface area contributed by atoms with Crippen molar-refractivity contribution in [1.29, 1.82) is 0 Å². The molecule has 0 bridgehead atoms. The van der Waals surface area contributed by atoms with Crippen LogP contribution in [0.4, 0.5) is 5.95 Å². The van der Waals surface area contributed by atoms with Crippen molar-refractivity contribution >= 4 is 5.95 Å². The van der Waals surface area contributed by atoms with Gasteiger partial charge in [0.2, 0.25) is 5.95 Å². The molecule has 0 amide bonds. The summed E-state index contributed by atoms with van der Waals surface area (Å²) in [4.78, 5) is 7.19. The van der Waals surface area contributed by atoms with Gasteiger partial charge in [-0.3, -0.25) is 0 Å². The molecular formula is C12H20N4. The maximum Gasteiger partial charge on any atom is 0.206 e. The lowest BCUT2D eigenvalue weighted by atomic mass is 10.1. The summed E-state index contributed by atoms with van der Waals surface area (Å²) < 4.78 is 2.27. The molecule has 0 radical (unpaired) electrons. The molecule has 1 aromatic heterocycles. The number of anilines is 1. The zero-order valence-electron chi connectivity index (χ0n) is 10.1. The molecule has 2 saturated heterocycles. The highest BCUT2D eigenvalue weighted by molar-refractivity contribution is 5.38. The van der Waals surface area contributed by atoms with Crippen LogP contribution in [0.15, 0.2) is 6.20 Å². The minimum Gasteiger partial charge on any atom is -0.338 e. The minimum absolute atomic E-state index is 0.673. The summed E-state index contributed by atoms with van der Waals surface area (Å²) in [6, 6.07) is 0.673. The van der Waals surface area contributed by atoms with Crippen molar-refractivity contribution in [1.82, 2.24) is 14.9 Å². The molecule has 2 atom stereocenters. The molecule has 2 aliphatic rings. The predicted molar refractivity (Wildman–Crippen MR) is 64.7 cm³/mol. The number of aromatic nitrogens is 2. The molecule has 0 aliphatic carbocycles. The van der Waals surface area contributed by atoms with Crippen LogP contribution in [-0.2, 0) is 6.54 Å². The molecule has 3 rings (SSSR count). The molecule has 4 heteroatoms. The second kappa shape index (κ2) is 3.77. The molecule has 4 nitrogen and oxygen atoms in total. The standard InChI is InChI=1S/C12H20N4/c1-3-15-8-9(2)14-12(15)16-5-4-10-6-13-7-11(10)16/h8,10-11,13H,3-7H2,1-2H3/t10-,11+/m0/s1. The lowest BCUT2D eigenvalue weighted by Crippen LogP contribution is -2.36. The molecular weight excluding hydrogens is 200 g/mol. The van der Waals surface area contributed by atoms with Gasteiger partial charge in [0.1, 0.15) is 0 Å². The maximum atomic E-state index is 4.69. The highest BCUT2D eigenvalue weighted by Gasteiger charge is 2.39. The first-order chi connectivity index (χ1) is 7.79. The third kappa shape index (κ3) is 1.44. The molecule has 2 fully saturated rings. The molecule has 3 heterocycles. The average molecular weight is 220 g/mol. The van der Waals surface area contributed by atoms with Crippen molar-refractivity contribution in [3.63, 3.8) is 0 Å². The van der Waals surface area contributed by atoms with E-state index in [1.165, 1.54) is 25.5 Å². The summed E-state index contributed by atoms with van der Waals surface area (Å²) in [6.07, 6.45) is 3.47. The molecule has 1 aromatic rings. The van der Waals surface area contributed by atoms with Crippen LogP contribution in [0.1, 0.15) is 19.0 Å². The number of imidazole rings is 1. The second-order valence-electron chi connectivity index (χ2n) is 4.94. The van der Waals surface area contributed by atoms with E-state index in [4.69, 9.17) is 0 Å². The Morgan fingerprint density at radius 1 is 1.50 bits per heavy atom. The smallest absolute Gasteiger partial charge is 0.206 e. The quantitative estimate of drug-likeness (QED) is 0.807. The summed E-state index contributed by atoms with van der Waals surface area (Å²) in [5, 5.41) is 3.49. The highest BCUT2D eigenvalue weighted by atomic mass is 15.4. The Hall–Kier alpha value is -1.03. The Kier molecular flexibility index (Phi) is 2.39. The Bertz CT molecular complexity index is 384. The highest BCUT2D eigenvalue weighted by Crippen LogP contribution is 2.31. The van der Waals surface area contributed by atoms with Gasteiger partial charge in [-0.05, 0) is 26.2 Å². The van der Waals surface area contributed by atoms with Crippen molar-refractivity contribution in [2.24, 2.45) is 5.92 Å². The first-order valence-electron chi connectivity index (χ1n) is 6.30. The van der Waals surface area contributed by atoms with E-state index in [0.29, 0.717) is 6.04 Å². The average Bonchev–Trinajstić information content (AvgIpc) is 2.90. The fraction of sp³-hybridized carbons (Fsp3) is 0.750. The SMILES string of the molecule is CCn1cc(C)nc1N1CC[C@H]2CNC[C@H]21. The largest absolute Gasteiger partial charge is 0.338 e. The van der Waals surface area contributed by atoms with Crippen LogP contribution in [0.2, 0.25) is 0 Å². The van der Waals surface area contributed by atoms with Gasteiger partial charge in [-0.1, -0.05) is 0 Å². The third-order valence-electron chi connectivity index (χ3n) is 3.92. The van der Waals surface area contributed by atoms with Crippen LogP contribution < -0.4 is 10.2 Å². The van der Waals surface area contributed by atoms with Crippen LogP contribution in [-0.4, -0.2) is 35.2 Å². The fourth-order valence-electron chi connectivity index (χ4n) is 3.09. The summed E-state index contributed by atoms with van der Waals surface area (Å²) in [7, 11) is 0. The molecule has 0 unspecified atom stereocenters. The van der Waals surface area contributed by atoms with E-state index in [2.05, 4.69) is 39.8 Å². The van der Waals surface area contributed by atoms with Gasteiger partial charge < -0.3 is 14.8 Å². The van der Waals surface area contributed by atoms with Crippen LogP contribution in [0.5, 0.6) is 0 Å². The number of hydrogen-bond acceptors (Lipinski definition) is 3. The zero-order chi connectivity index (χ0) is 11.1. The van der Waals surface area contributed by atoms with Crippen molar-refractivity contribution in [2.75, 3.05) is 24.5 Å². The summed E-state index contributed by atoms with van der Waals surface area (Å²) in [5.41, 5.74) is 1.13. The van der Waals surface area contributed by atoms with Crippen LogP contribution >= 0.6 is 0 Å². The van der Waals surface area contributed by atoms with Crippen molar-refractivity contribution in [2.45, 2.75) is 32.9 Å². The maximum absolute atomic E-state index is 4.69. The van der Waals surface area contributed by atoms with Gasteiger partial charge in [-0.2, -0.15) is 0 Å². The number of fused-ring (bicyclic) bond motifs is 1. The van der Waals surface area contributed by atoms with E-state index in [1.54, 1.807) is 0 Å². The van der Waals surface area contributed by atoms with Crippen LogP contribution in [0.3, 0.4) is 0 Å². The van der Waals surface area contributed by atoms with Crippen molar-refractivity contribution in [3.8, 4) is 0 Å². The summed E-state index contributed by atoms with van der Waals surface area (Å²) >= 11 is 0. The van der Waals surface area contributed by atoms with E-state index in [1.807, 2.05) is 0 Å². The first-order valence-corrected chi connectivity index (χ1v) is 6.30. The molecule has 88 valence electrons. The van der Waals surface area contributed by atoms with Gasteiger partial charge >= 0.3 is 0 Å². The van der Waals surface area contributed by atoms with E-state index < -0.39 is 0 Å². The number of hydrogen-bond donors (Lipinski definition) is 1. The predicted octanol–water partition coefficient (Wildman–Crippen LogP) is 1.01. The van der Waals surface area contributed by atoms with E-state index >= 15 is 0 Å². The van der Waals surface area contributed by atoms with E-state index in [9.17, 15) is 0 Å². The lowest BCUT2D eigenvalue weighted by molar-refractivity contribution is 0.571. The summed E-state index contributed by atoms with van der Waals surface area (Å²) in [6.45, 7) is 8.76. The van der Waals surface area contributed by atoms with Gasteiger partial charge in [0, 0.05) is 38.4 Å². The molecule has 1 N–H and O–H groups in total. The Morgan fingerprint density at radius 3 is 3.19 bits per heavy atom. The molecule has 0 saturated carbocycles. The number of nitrogens with zero attached hydrogens (tertiary/aromatic N) is 3. The van der Waals surface area contributed by atoms with Gasteiger partial charge in [0.15, 0.2) is 0 Å². The number of nitrogens with one attached hydrogen (secondary N) is 1. The summed E-state index contributed by atoms with van der Waals surface area (Å²) in [5.74, 6) is 2.01. The van der Waals surface area contributed by atoms with Crippen LogP contribution in [0.25, 0.3) is 0 Å². The molecule has 16 heavy (non-hydrogen) atoms. The Balaban J connectivity index is 1.91. The third-order valence-corrected chi connectivity index (χ3v) is 3.92. The zero-order valence-corrected chi connectivity index (χ0v) is 10.1. The fourth-order valence-corrected chi connectivity index (χ4v) is 3.09. The van der Waals surface area contributed by atoms with Gasteiger partial charge in [0.25, 0.3) is 0 Å². The Morgan fingerprint density at radius 2 is 2.38 bits per heavy atom.